The van der Waals surface area contributed by atoms with Crippen molar-refractivity contribution in [2.24, 2.45) is 0 Å². The largest absolute Gasteiger partial charge is 0.497 e. The van der Waals surface area contributed by atoms with Crippen molar-refractivity contribution >= 4 is 34.4 Å². The molecule has 0 aliphatic heterocycles. The Kier molecular flexibility index (Phi) is 3.79. The molecule has 0 saturated heterocycles. The third-order valence-corrected chi connectivity index (χ3v) is 5.74. The quantitative estimate of drug-likeness (QED) is 0.868. The van der Waals surface area contributed by atoms with Crippen LogP contribution in [0.5, 0.6) is 5.75 Å². The van der Waals surface area contributed by atoms with Crippen LogP contribution in [0.4, 0.5) is 0 Å². The summed E-state index contributed by atoms with van der Waals surface area (Å²) in [5.41, 5.74) is 2.02. The highest BCUT2D eigenvalue weighted by molar-refractivity contribution is 8.17. The number of hydrogen-bond donors (Lipinski definition) is 1. The van der Waals surface area contributed by atoms with E-state index in [1.54, 1.807) is 30.6 Å². The van der Waals surface area contributed by atoms with E-state index in [1.807, 2.05) is 36.9 Å². The monoisotopic (exact) mass is 278 g/mol. The molecular weight excluding hydrogens is 264 g/mol. The number of fused-ring (bicyclic) bond motifs is 1. The molecule has 1 aromatic heterocycles. The average molecular weight is 278 g/mol. The molecule has 2 rings (SSSR count). The van der Waals surface area contributed by atoms with Gasteiger partial charge < -0.3 is 9.72 Å². The van der Waals surface area contributed by atoms with Gasteiger partial charge in [-0.15, -0.1) is 23.5 Å². The van der Waals surface area contributed by atoms with Crippen LogP contribution in [-0.2, 0) is 4.08 Å². The Balaban J connectivity index is 2.67. The molecular formula is C13H14N2OS2. The number of nitrogens with zero attached hydrogens (tertiary/aromatic N) is 1. The van der Waals surface area contributed by atoms with Gasteiger partial charge in [0.25, 0.3) is 0 Å². The zero-order valence-corrected chi connectivity index (χ0v) is 12.1. The third-order valence-electron chi connectivity index (χ3n) is 2.97. The van der Waals surface area contributed by atoms with Crippen LogP contribution >= 0.6 is 23.5 Å². The maximum absolute atomic E-state index is 9.50. The molecule has 0 saturated carbocycles. The number of methoxy groups -OCH3 is 1. The van der Waals surface area contributed by atoms with Crippen LogP contribution in [0.25, 0.3) is 10.9 Å². The molecule has 1 aromatic carbocycles. The Labute approximate surface area is 115 Å². The number of ether oxygens (including phenoxy) is 1. The summed E-state index contributed by atoms with van der Waals surface area (Å²) in [5.74, 6) is 0.803. The third kappa shape index (κ3) is 1.96. The van der Waals surface area contributed by atoms with Gasteiger partial charge in [-0.25, -0.2) is 0 Å². The number of benzene rings is 1. The lowest BCUT2D eigenvalue weighted by molar-refractivity contribution is 0.415. The molecule has 0 spiro atoms. The highest BCUT2D eigenvalue weighted by Crippen LogP contribution is 2.46. The lowest BCUT2D eigenvalue weighted by atomic mass is 10.1. The molecule has 0 radical (unpaired) electrons. The lowest BCUT2D eigenvalue weighted by Gasteiger charge is -2.21. The van der Waals surface area contributed by atoms with Gasteiger partial charge in [-0.2, -0.15) is 5.26 Å². The SMILES string of the molecule is COc1ccc2[nH]cc(C(C#N)(SC)SC)c2c1. The summed E-state index contributed by atoms with van der Waals surface area (Å²) in [6.45, 7) is 0. The standard InChI is InChI=1S/C13H14N2OS2/c1-16-9-4-5-12-10(6-9)11(7-15-12)13(8-14,17-2)18-3/h4-7,15H,1-3H3. The van der Waals surface area contributed by atoms with E-state index in [1.165, 1.54) is 0 Å². The summed E-state index contributed by atoms with van der Waals surface area (Å²) in [6.07, 6.45) is 5.83. The molecule has 1 heterocycles. The Hall–Kier alpha value is -1.25. The second-order valence-corrected chi connectivity index (χ2v) is 6.05. The topological polar surface area (TPSA) is 48.8 Å². The van der Waals surface area contributed by atoms with E-state index in [4.69, 9.17) is 4.74 Å². The number of nitriles is 1. The average Bonchev–Trinajstić information content (AvgIpc) is 2.85. The molecule has 3 nitrogen and oxygen atoms in total. The van der Waals surface area contributed by atoms with Gasteiger partial charge in [0, 0.05) is 22.7 Å². The maximum Gasteiger partial charge on any atom is 0.175 e. The highest BCUT2D eigenvalue weighted by Gasteiger charge is 2.33. The van der Waals surface area contributed by atoms with Crippen LogP contribution in [0.3, 0.4) is 0 Å². The molecule has 0 unspecified atom stereocenters. The van der Waals surface area contributed by atoms with Crippen molar-refractivity contribution in [3.05, 3.63) is 30.0 Å². The summed E-state index contributed by atoms with van der Waals surface area (Å²) < 4.78 is 4.67. The van der Waals surface area contributed by atoms with E-state index < -0.39 is 4.08 Å². The van der Waals surface area contributed by atoms with Crippen LogP contribution in [0.1, 0.15) is 5.56 Å². The van der Waals surface area contributed by atoms with Crippen molar-refractivity contribution in [2.75, 3.05) is 19.6 Å². The molecule has 0 fully saturated rings. The van der Waals surface area contributed by atoms with Crippen LogP contribution in [-0.4, -0.2) is 24.6 Å². The van der Waals surface area contributed by atoms with E-state index in [2.05, 4.69) is 11.1 Å². The van der Waals surface area contributed by atoms with Gasteiger partial charge in [0.15, 0.2) is 4.08 Å². The van der Waals surface area contributed by atoms with Crippen molar-refractivity contribution in [1.29, 1.82) is 5.26 Å². The number of thioether (sulfide) groups is 2. The van der Waals surface area contributed by atoms with Gasteiger partial charge in [-0.3, -0.25) is 0 Å². The van der Waals surface area contributed by atoms with Crippen LogP contribution in [0, 0.1) is 11.3 Å². The second-order valence-electron chi connectivity index (χ2n) is 3.75. The van der Waals surface area contributed by atoms with Crippen molar-refractivity contribution in [3.8, 4) is 11.8 Å². The molecule has 2 aromatic rings. The lowest BCUT2D eigenvalue weighted by Crippen LogP contribution is -2.13. The van der Waals surface area contributed by atoms with Crippen molar-refractivity contribution in [3.63, 3.8) is 0 Å². The Morgan fingerprint density at radius 3 is 2.61 bits per heavy atom. The summed E-state index contributed by atoms with van der Waals surface area (Å²) in [6, 6.07) is 8.27. The minimum atomic E-state index is -0.579. The van der Waals surface area contributed by atoms with Crippen LogP contribution in [0.15, 0.2) is 24.4 Å². The van der Waals surface area contributed by atoms with E-state index in [-0.39, 0.29) is 0 Å². The van der Waals surface area contributed by atoms with Gasteiger partial charge in [-0.1, -0.05) is 0 Å². The second kappa shape index (κ2) is 5.17. The number of hydrogen-bond acceptors (Lipinski definition) is 4. The van der Waals surface area contributed by atoms with E-state index in [0.29, 0.717) is 0 Å². The first-order valence-corrected chi connectivity index (χ1v) is 7.83. The minimum absolute atomic E-state index is 0.579. The fourth-order valence-electron chi connectivity index (χ4n) is 1.95. The number of nitrogens with one attached hydrogen (secondary N) is 1. The highest BCUT2D eigenvalue weighted by atomic mass is 32.2. The van der Waals surface area contributed by atoms with E-state index in [0.717, 1.165) is 22.2 Å². The van der Waals surface area contributed by atoms with Gasteiger partial charge in [-0.05, 0) is 30.7 Å². The molecule has 0 aliphatic carbocycles. The van der Waals surface area contributed by atoms with Gasteiger partial charge in [0.2, 0.25) is 0 Å². The molecule has 1 N–H and O–H groups in total. The van der Waals surface area contributed by atoms with Crippen LogP contribution < -0.4 is 4.74 Å². The first-order chi connectivity index (χ1) is 8.70. The smallest absolute Gasteiger partial charge is 0.175 e. The predicted molar refractivity (Wildman–Crippen MR) is 79.2 cm³/mol. The molecule has 0 bridgehead atoms. The maximum atomic E-state index is 9.50. The fourth-order valence-corrected chi connectivity index (χ4v) is 3.58. The molecule has 0 amide bonds. The molecule has 0 atom stereocenters. The van der Waals surface area contributed by atoms with Crippen molar-refractivity contribution in [2.45, 2.75) is 4.08 Å². The Bertz CT molecular complexity index is 597. The first-order valence-electron chi connectivity index (χ1n) is 5.38. The molecule has 18 heavy (non-hydrogen) atoms. The normalized spacial score (nSPS) is 11.4. The van der Waals surface area contributed by atoms with Crippen LogP contribution in [0.2, 0.25) is 0 Å². The summed E-state index contributed by atoms with van der Waals surface area (Å²) >= 11 is 3.09. The van der Waals surface area contributed by atoms with Gasteiger partial charge in [0.1, 0.15) is 5.75 Å². The summed E-state index contributed by atoms with van der Waals surface area (Å²) in [5, 5.41) is 10.5. The van der Waals surface area contributed by atoms with Crippen molar-refractivity contribution in [1.82, 2.24) is 4.98 Å². The fraction of sp³-hybridized carbons (Fsp3) is 0.308. The molecule has 5 heteroatoms. The molecule has 94 valence electrons. The summed E-state index contributed by atoms with van der Waals surface area (Å²) in [7, 11) is 1.65. The van der Waals surface area contributed by atoms with Gasteiger partial charge >= 0.3 is 0 Å². The zero-order valence-electron chi connectivity index (χ0n) is 10.5. The van der Waals surface area contributed by atoms with Gasteiger partial charge in [0.05, 0.1) is 13.2 Å². The van der Waals surface area contributed by atoms with E-state index in [9.17, 15) is 5.26 Å². The van der Waals surface area contributed by atoms with E-state index >= 15 is 0 Å². The Morgan fingerprint density at radius 2 is 2.06 bits per heavy atom. The summed E-state index contributed by atoms with van der Waals surface area (Å²) in [4.78, 5) is 3.21. The number of aromatic amines is 1. The predicted octanol–water partition coefficient (Wildman–Crippen LogP) is 3.58. The number of rotatable bonds is 4. The molecule has 0 aliphatic rings. The number of aromatic nitrogens is 1. The zero-order chi connectivity index (χ0) is 13.2. The first kappa shape index (κ1) is 13.2. The minimum Gasteiger partial charge on any atom is -0.497 e. The van der Waals surface area contributed by atoms with Crippen molar-refractivity contribution < 1.29 is 4.74 Å². The number of H-pyrrole nitrogens is 1. The Morgan fingerprint density at radius 1 is 1.33 bits per heavy atom.